The average Bonchev–Trinajstić information content (AvgIpc) is 2.36. The molecule has 1 fully saturated rings. The second kappa shape index (κ2) is 7.17. The van der Waals surface area contributed by atoms with Crippen molar-refractivity contribution in [3.05, 3.63) is 28.2 Å². The predicted octanol–water partition coefficient (Wildman–Crippen LogP) is 3.43. The van der Waals surface area contributed by atoms with Gasteiger partial charge in [0.1, 0.15) is 0 Å². The maximum Gasteiger partial charge on any atom is 0.224 e. The van der Waals surface area contributed by atoms with Crippen LogP contribution in [-0.2, 0) is 14.9 Å². The molecule has 1 aliphatic carbocycles. The van der Waals surface area contributed by atoms with E-state index in [1.54, 1.807) is 18.2 Å². The summed E-state index contributed by atoms with van der Waals surface area (Å²) in [4.78, 5) is 12.1. The highest BCUT2D eigenvalue weighted by atomic mass is 35.5. The average molecular weight is 365 g/mol. The molecule has 0 bridgehead atoms. The molecule has 0 aromatic heterocycles. The molecule has 122 valence electrons. The number of halogens is 2. The Morgan fingerprint density at radius 2 is 1.77 bits per heavy atom. The smallest absolute Gasteiger partial charge is 0.224 e. The molecule has 1 aliphatic rings. The molecule has 0 radical (unpaired) electrons. The van der Waals surface area contributed by atoms with Crippen molar-refractivity contribution >= 4 is 44.9 Å². The molecule has 1 amide bonds. The number of benzene rings is 1. The Morgan fingerprint density at radius 3 is 2.36 bits per heavy atom. The van der Waals surface area contributed by atoms with Gasteiger partial charge in [-0.15, -0.1) is 0 Å². The van der Waals surface area contributed by atoms with Crippen LogP contribution in [0.1, 0.15) is 32.1 Å². The molecule has 2 atom stereocenters. The molecular formula is C14H16Cl2NO4S-. The van der Waals surface area contributed by atoms with Gasteiger partial charge in [0.05, 0.1) is 15.4 Å². The van der Waals surface area contributed by atoms with Gasteiger partial charge in [-0.25, -0.2) is 8.42 Å². The molecule has 2 rings (SSSR count). The van der Waals surface area contributed by atoms with E-state index in [4.69, 9.17) is 23.2 Å². The summed E-state index contributed by atoms with van der Waals surface area (Å²) in [6.07, 6.45) is 2.42. The minimum absolute atomic E-state index is 0.00370. The number of hydrogen-bond donors (Lipinski definition) is 1. The van der Waals surface area contributed by atoms with Gasteiger partial charge in [-0.05, 0) is 37.0 Å². The van der Waals surface area contributed by atoms with Crippen LogP contribution in [0.4, 0.5) is 5.69 Å². The third kappa shape index (κ3) is 4.84. The Morgan fingerprint density at radius 1 is 1.18 bits per heavy atom. The van der Waals surface area contributed by atoms with Crippen LogP contribution in [0.15, 0.2) is 18.2 Å². The zero-order valence-corrected chi connectivity index (χ0v) is 14.0. The van der Waals surface area contributed by atoms with Gasteiger partial charge in [-0.1, -0.05) is 36.0 Å². The highest BCUT2D eigenvalue weighted by Gasteiger charge is 2.31. The third-order valence-electron chi connectivity index (χ3n) is 3.80. The molecule has 5 nitrogen and oxygen atoms in total. The molecule has 8 heteroatoms. The van der Waals surface area contributed by atoms with E-state index in [-0.39, 0.29) is 12.3 Å². The minimum Gasteiger partial charge on any atom is -0.748 e. The van der Waals surface area contributed by atoms with E-state index in [2.05, 4.69) is 5.32 Å². The quantitative estimate of drug-likeness (QED) is 0.829. The molecule has 0 spiro atoms. The first-order valence-electron chi connectivity index (χ1n) is 6.96. The fourth-order valence-electron chi connectivity index (χ4n) is 2.86. The first-order valence-corrected chi connectivity index (χ1v) is 9.19. The van der Waals surface area contributed by atoms with Crippen molar-refractivity contribution in [2.45, 2.75) is 37.4 Å². The van der Waals surface area contributed by atoms with Crippen LogP contribution in [0.2, 0.25) is 10.0 Å². The van der Waals surface area contributed by atoms with Crippen LogP contribution in [0.25, 0.3) is 0 Å². The first-order chi connectivity index (χ1) is 10.3. The number of hydrogen-bond acceptors (Lipinski definition) is 4. The van der Waals surface area contributed by atoms with Crippen LogP contribution in [0.5, 0.6) is 0 Å². The van der Waals surface area contributed by atoms with Crippen LogP contribution >= 0.6 is 23.2 Å². The Hall–Kier alpha value is -0.820. The van der Waals surface area contributed by atoms with E-state index in [1.165, 1.54) is 0 Å². The van der Waals surface area contributed by atoms with Crippen molar-refractivity contribution in [1.29, 1.82) is 0 Å². The van der Waals surface area contributed by atoms with E-state index in [0.29, 0.717) is 35.0 Å². The fourth-order valence-corrected chi connectivity index (χ4v) is 4.55. The summed E-state index contributed by atoms with van der Waals surface area (Å²) < 4.78 is 33.9. The van der Waals surface area contributed by atoms with Crippen molar-refractivity contribution in [2.75, 3.05) is 5.32 Å². The molecule has 0 heterocycles. The van der Waals surface area contributed by atoms with Gasteiger partial charge in [0, 0.05) is 22.2 Å². The highest BCUT2D eigenvalue weighted by molar-refractivity contribution is 7.86. The normalized spacial score (nSPS) is 22.3. The number of rotatable bonds is 4. The van der Waals surface area contributed by atoms with Crippen molar-refractivity contribution in [1.82, 2.24) is 0 Å². The number of carbonyl (C=O) groups excluding carboxylic acids is 1. The molecule has 22 heavy (non-hydrogen) atoms. The summed E-state index contributed by atoms with van der Waals surface area (Å²) >= 11 is 11.7. The fraction of sp³-hybridized carbons (Fsp3) is 0.500. The molecule has 1 saturated carbocycles. The Kier molecular flexibility index (Phi) is 5.71. The predicted molar refractivity (Wildman–Crippen MR) is 85.2 cm³/mol. The molecular weight excluding hydrogens is 349 g/mol. The number of carbonyl (C=O) groups is 1. The Balaban J connectivity index is 2.04. The van der Waals surface area contributed by atoms with Gasteiger partial charge in [-0.2, -0.15) is 0 Å². The van der Waals surface area contributed by atoms with Gasteiger partial charge in [-0.3, -0.25) is 4.79 Å². The van der Waals surface area contributed by atoms with Crippen LogP contribution in [0, 0.1) is 5.92 Å². The summed E-state index contributed by atoms with van der Waals surface area (Å²) in [6.45, 7) is 0. The zero-order chi connectivity index (χ0) is 16.3. The Bertz CT molecular complexity index is 643. The lowest BCUT2D eigenvalue weighted by atomic mass is 9.86. The van der Waals surface area contributed by atoms with E-state index < -0.39 is 21.3 Å². The molecule has 0 unspecified atom stereocenters. The second-order valence-electron chi connectivity index (χ2n) is 5.49. The van der Waals surface area contributed by atoms with Crippen LogP contribution < -0.4 is 5.32 Å². The van der Waals surface area contributed by atoms with E-state index >= 15 is 0 Å². The van der Waals surface area contributed by atoms with Crippen LogP contribution in [0.3, 0.4) is 0 Å². The lowest BCUT2D eigenvalue weighted by Crippen LogP contribution is -2.35. The summed E-state index contributed by atoms with van der Waals surface area (Å²) in [5.74, 6) is -0.787. The zero-order valence-electron chi connectivity index (χ0n) is 11.7. The summed E-state index contributed by atoms with van der Waals surface area (Å²) in [5, 5.41) is 2.44. The SMILES string of the molecule is O=C(C[C@H]1CCCC[C@@H]1S(=O)(=O)[O-])Nc1cc(Cl)cc(Cl)c1. The Labute approximate surface area is 139 Å². The van der Waals surface area contributed by atoms with Gasteiger partial charge in [0.15, 0.2) is 0 Å². The largest absolute Gasteiger partial charge is 0.748 e. The van der Waals surface area contributed by atoms with E-state index in [1.807, 2.05) is 0 Å². The van der Waals surface area contributed by atoms with Crippen molar-refractivity contribution in [3.8, 4) is 0 Å². The van der Waals surface area contributed by atoms with Crippen molar-refractivity contribution < 1.29 is 17.8 Å². The topological polar surface area (TPSA) is 86.3 Å². The molecule has 1 N–H and O–H groups in total. The number of amides is 1. The standard InChI is InChI=1S/C14H17Cl2NO4S/c15-10-6-11(16)8-12(7-10)17-14(18)5-9-3-1-2-4-13(9)22(19,20)21/h6-9,13H,1-5H2,(H,17,18)(H,19,20,21)/p-1/t9-,13+/m1/s1. The van der Waals surface area contributed by atoms with Gasteiger partial charge < -0.3 is 9.87 Å². The lowest BCUT2D eigenvalue weighted by molar-refractivity contribution is -0.117. The van der Waals surface area contributed by atoms with Crippen molar-refractivity contribution in [3.63, 3.8) is 0 Å². The first kappa shape index (κ1) is 17.5. The van der Waals surface area contributed by atoms with Crippen LogP contribution in [-0.4, -0.2) is 24.1 Å². The van der Waals surface area contributed by atoms with Gasteiger partial charge in [0.25, 0.3) is 0 Å². The second-order valence-corrected chi connectivity index (χ2v) is 7.95. The number of anilines is 1. The van der Waals surface area contributed by atoms with E-state index in [0.717, 1.165) is 6.42 Å². The maximum atomic E-state index is 12.1. The lowest BCUT2D eigenvalue weighted by Gasteiger charge is -2.32. The maximum absolute atomic E-state index is 12.1. The molecule has 1 aromatic carbocycles. The molecule has 0 aliphatic heterocycles. The van der Waals surface area contributed by atoms with Crippen molar-refractivity contribution in [2.24, 2.45) is 5.92 Å². The minimum atomic E-state index is -4.38. The van der Waals surface area contributed by atoms with Gasteiger partial charge in [0.2, 0.25) is 5.91 Å². The number of nitrogens with one attached hydrogen (secondary N) is 1. The summed E-state index contributed by atoms with van der Waals surface area (Å²) in [6, 6.07) is 4.64. The summed E-state index contributed by atoms with van der Waals surface area (Å²) in [7, 11) is -4.38. The third-order valence-corrected chi connectivity index (χ3v) is 5.60. The van der Waals surface area contributed by atoms with E-state index in [9.17, 15) is 17.8 Å². The molecule has 1 aromatic rings. The van der Waals surface area contributed by atoms with Gasteiger partial charge >= 0.3 is 0 Å². The molecule has 0 saturated heterocycles. The summed E-state index contributed by atoms with van der Waals surface area (Å²) in [5.41, 5.74) is 0.444. The highest BCUT2D eigenvalue weighted by Crippen LogP contribution is 2.32. The monoisotopic (exact) mass is 364 g/mol.